The van der Waals surface area contributed by atoms with Crippen LogP contribution in [0.3, 0.4) is 0 Å². The number of carbonyl (C=O) groups is 2. The molecule has 1 aromatic rings. The number of carbonyl (C=O) groups excluding carboxylic acids is 2. The Balaban J connectivity index is 2.46. The van der Waals surface area contributed by atoms with E-state index in [0.29, 0.717) is 19.6 Å². The summed E-state index contributed by atoms with van der Waals surface area (Å²) in [5.74, 6) is -0.0227. The molecular formula is C13H18N2O3. The second kappa shape index (κ2) is 7.32. The Kier molecular flexibility index (Phi) is 5.70. The van der Waals surface area contributed by atoms with E-state index in [1.165, 1.54) is 14.0 Å². The standard InChI is InChI=1S/C13H18N2O3/c1-11(16)15(9-8-14-13(17)18-2)10-12-6-4-3-5-7-12/h3-7H,8-10H2,1-2H3,(H,14,17). The highest BCUT2D eigenvalue weighted by atomic mass is 16.5. The monoisotopic (exact) mass is 250 g/mol. The molecule has 1 rings (SSSR count). The Morgan fingerprint density at radius 3 is 2.50 bits per heavy atom. The molecule has 98 valence electrons. The normalized spacial score (nSPS) is 9.67. The number of methoxy groups -OCH3 is 1. The molecule has 18 heavy (non-hydrogen) atoms. The molecule has 2 amide bonds. The molecule has 0 heterocycles. The van der Waals surface area contributed by atoms with E-state index in [0.717, 1.165) is 5.56 Å². The average molecular weight is 250 g/mol. The molecule has 0 unspecified atom stereocenters. The molecule has 0 atom stereocenters. The van der Waals surface area contributed by atoms with Crippen molar-refractivity contribution in [1.29, 1.82) is 0 Å². The Bertz CT molecular complexity index is 392. The van der Waals surface area contributed by atoms with Crippen molar-refractivity contribution in [2.45, 2.75) is 13.5 Å². The van der Waals surface area contributed by atoms with Gasteiger partial charge in [-0.15, -0.1) is 0 Å². The summed E-state index contributed by atoms with van der Waals surface area (Å²) in [6.07, 6.45) is -0.488. The zero-order valence-corrected chi connectivity index (χ0v) is 10.7. The fraction of sp³-hybridized carbons (Fsp3) is 0.385. The number of rotatable bonds is 5. The Hall–Kier alpha value is -2.04. The minimum Gasteiger partial charge on any atom is -0.453 e. The highest BCUT2D eigenvalue weighted by Gasteiger charge is 2.09. The van der Waals surface area contributed by atoms with Gasteiger partial charge in [0.1, 0.15) is 0 Å². The maximum Gasteiger partial charge on any atom is 0.406 e. The van der Waals surface area contributed by atoms with Crippen molar-refractivity contribution >= 4 is 12.0 Å². The number of hydrogen-bond acceptors (Lipinski definition) is 3. The molecule has 5 heteroatoms. The van der Waals surface area contributed by atoms with Crippen molar-refractivity contribution < 1.29 is 14.3 Å². The van der Waals surface area contributed by atoms with Gasteiger partial charge in [-0.3, -0.25) is 4.79 Å². The first-order valence-corrected chi connectivity index (χ1v) is 5.74. The predicted molar refractivity (Wildman–Crippen MR) is 67.9 cm³/mol. The lowest BCUT2D eigenvalue weighted by atomic mass is 10.2. The number of alkyl carbamates (subject to hydrolysis) is 1. The van der Waals surface area contributed by atoms with Gasteiger partial charge in [-0.05, 0) is 5.56 Å². The molecule has 0 aromatic heterocycles. The maximum atomic E-state index is 11.5. The number of ether oxygens (including phenoxy) is 1. The van der Waals surface area contributed by atoms with Gasteiger partial charge in [0.2, 0.25) is 5.91 Å². The van der Waals surface area contributed by atoms with Gasteiger partial charge in [0.25, 0.3) is 0 Å². The Morgan fingerprint density at radius 1 is 1.28 bits per heavy atom. The Labute approximate surface area is 107 Å². The maximum absolute atomic E-state index is 11.5. The summed E-state index contributed by atoms with van der Waals surface area (Å²) in [5.41, 5.74) is 1.06. The largest absolute Gasteiger partial charge is 0.453 e. The van der Waals surface area contributed by atoms with E-state index in [2.05, 4.69) is 10.1 Å². The Morgan fingerprint density at radius 2 is 1.94 bits per heavy atom. The fourth-order valence-electron chi connectivity index (χ4n) is 1.52. The SMILES string of the molecule is COC(=O)NCCN(Cc1ccccc1)C(C)=O. The second-order valence-electron chi connectivity index (χ2n) is 3.84. The molecule has 0 saturated heterocycles. The summed E-state index contributed by atoms with van der Waals surface area (Å²) in [5, 5.41) is 2.55. The molecule has 0 bridgehead atoms. The third-order valence-electron chi connectivity index (χ3n) is 2.50. The first-order valence-electron chi connectivity index (χ1n) is 5.74. The van der Waals surface area contributed by atoms with Gasteiger partial charge in [-0.1, -0.05) is 30.3 Å². The van der Waals surface area contributed by atoms with Crippen molar-refractivity contribution in [2.24, 2.45) is 0 Å². The van der Waals surface area contributed by atoms with Crippen LogP contribution in [0.5, 0.6) is 0 Å². The van der Waals surface area contributed by atoms with Crippen molar-refractivity contribution in [3.63, 3.8) is 0 Å². The van der Waals surface area contributed by atoms with Gasteiger partial charge in [0.15, 0.2) is 0 Å². The van der Waals surface area contributed by atoms with Gasteiger partial charge < -0.3 is 15.0 Å². The zero-order chi connectivity index (χ0) is 13.4. The quantitative estimate of drug-likeness (QED) is 0.859. The van der Waals surface area contributed by atoms with E-state index in [1.54, 1.807) is 4.90 Å². The van der Waals surface area contributed by atoms with E-state index in [4.69, 9.17) is 0 Å². The fourth-order valence-corrected chi connectivity index (χ4v) is 1.52. The van der Waals surface area contributed by atoms with Gasteiger partial charge >= 0.3 is 6.09 Å². The highest BCUT2D eigenvalue weighted by Crippen LogP contribution is 2.04. The predicted octanol–water partition coefficient (Wildman–Crippen LogP) is 1.39. The van der Waals surface area contributed by atoms with Crippen LogP contribution in [0.25, 0.3) is 0 Å². The van der Waals surface area contributed by atoms with Gasteiger partial charge in [0, 0.05) is 26.6 Å². The highest BCUT2D eigenvalue weighted by molar-refractivity contribution is 5.73. The summed E-state index contributed by atoms with van der Waals surface area (Å²) < 4.78 is 4.46. The van der Waals surface area contributed by atoms with Crippen molar-refractivity contribution in [1.82, 2.24) is 10.2 Å². The van der Waals surface area contributed by atoms with E-state index in [-0.39, 0.29) is 5.91 Å². The van der Waals surface area contributed by atoms with Gasteiger partial charge in [-0.25, -0.2) is 4.79 Å². The third-order valence-corrected chi connectivity index (χ3v) is 2.50. The molecule has 0 aliphatic heterocycles. The first kappa shape index (κ1) is 14.0. The summed E-state index contributed by atoms with van der Waals surface area (Å²) in [6, 6.07) is 9.72. The van der Waals surface area contributed by atoms with Crippen LogP contribution in [0, 0.1) is 0 Å². The van der Waals surface area contributed by atoms with Crippen LogP contribution in [0.2, 0.25) is 0 Å². The third kappa shape index (κ3) is 4.86. The number of amides is 2. The summed E-state index contributed by atoms with van der Waals surface area (Å²) in [7, 11) is 1.31. The lowest BCUT2D eigenvalue weighted by molar-refractivity contribution is -0.129. The summed E-state index contributed by atoms with van der Waals surface area (Å²) in [6.45, 7) is 2.89. The van der Waals surface area contributed by atoms with E-state index in [9.17, 15) is 9.59 Å². The van der Waals surface area contributed by atoms with Crippen LogP contribution in [0.4, 0.5) is 4.79 Å². The number of benzene rings is 1. The molecule has 1 aromatic carbocycles. The molecule has 0 aliphatic carbocycles. The molecule has 0 radical (unpaired) electrons. The van der Waals surface area contributed by atoms with Crippen molar-refractivity contribution in [2.75, 3.05) is 20.2 Å². The summed E-state index contributed by atoms with van der Waals surface area (Å²) in [4.78, 5) is 24.0. The van der Waals surface area contributed by atoms with Crippen molar-refractivity contribution in [3.8, 4) is 0 Å². The van der Waals surface area contributed by atoms with E-state index in [1.807, 2.05) is 30.3 Å². The molecule has 0 fully saturated rings. The van der Waals surface area contributed by atoms with Crippen LogP contribution in [0.1, 0.15) is 12.5 Å². The number of hydrogen-bond donors (Lipinski definition) is 1. The number of nitrogens with one attached hydrogen (secondary N) is 1. The molecule has 0 spiro atoms. The van der Waals surface area contributed by atoms with E-state index < -0.39 is 6.09 Å². The molecular weight excluding hydrogens is 232 g/mol. The topological polar surface area (TPSA) is 58.6 Å². The van der Waals surface area contributed by atoms with Crippen LogP contribution in [0.15, 0.2) is 30.3 Å². The van der Waals surface area contributed by atoms with E-state index >= 15 is 0 Å². The molecule has 1 N–H and O–H groups in total. The zero-order valence-electron chi connectivity index (χ0n) is 10.7. The lowest BCUT2D eigenvalue weighted by Crippen LogP contribution is -2.37. The summed E-state index contributed by atoms with van der Waals surface area (Å²) >= 11 is 0. The first-order chi connectivity index (χ1) is 8.63. The minimum absolute atomic E-state index is 0.0227. The lowest BCUT2D eigenvalue weighted by Gasteiger charge is -2.21. The van der Waals surface area contributed by atoms with Gasteiger partial charge in [0.05, 0.1) is 7.11 Å². The van der Waals surface area contributed by atoms with Crippen LogP contribution >= 0.6 is 0 Å². The molecule has 5 nitrogen and oxygen atoms in total. The van der Waals surface area contributed by atoms with Crippen LogP contribution in [-0.4, -0.2) is 37.1 Å². The average Bonchev–Trinajstić information content (AvgIpc) is 2.38. The minimum atomic E-state index is -0.488. The smallest absolute Gasteiger partial charge is 0.406 e. The molecule has 0 saturated carbocycles. The van der Waals surface area contributed by atoms with Crippen LogP contribution in [-0.2, 0) is 16.1 Å². The van der Waals surface area contributed by atoms with Gasteiger partial charge in [-0.2, -0.15) is 0 Å². The second-order valence-corrected chi connectivity index (χ2v) is 3.84. The molecule has 0 aliphatic rings. The van der Waals surface area contributed by atoms with Crippen molar-refractivity contribution in [3.05, 3.63) is 35.9 Å². The number of nitrogens with zero attached hydrogens (tertiary/aromatic N) is 1. The van der Waals surface area contributed by atoms with Crippen LogP contribution < -0.4 is 5.32 Å².